The average Bonchev–Trinajstić information content (AvgIpc) is 2.12. The summed E-state index contributed by atoms with van der Waals surface area (Å²) in [6, 6.07) is 0. The number of nitrogens with two attached hydrogens (primary N) is 1. The van der Waals surface area contributed by atoms with Crippen LogP contribution in [0.4, 0.5) is 0 Å². The fraction of sp³-hybridized carbons (Fsp3) is 0.714. The fourth-order valence-corrected chi connectivity index (χ4v) is 1.14. The summed E-state index contributed by atoms with van der Waals surface area (Å²) in [4.78, 5) is 11.0. The van der Waals surface area contributed by atoms with Crippen LogP contribution in [0.1, 0.15) is 12.8 Å². The highest BCUT2D eigenvalue weighted by Crippen LogP contribution is 1.93. The number of hydrogen-bond donors (Lipinski definition) is 3. The Balaban J connectivity index is 3.41. The zero-order valence-corrected chi connectivity index (χ0v) is 8.43. The first-order valence-corrected chi connectivity index (χ1v) is 5.32. The largest absolute Gasteiger partial charge is 0.409 e. The Bertz CT molecular complexity index is 185. The van der Waals surface area contributed by atoms with Gasteiger partial charge in [-0.3, -0.25) is 4.79 Å². The molecule has 0 saturated heterocycles. The van der Waals surface area contributed by atoms with E-state index < -0.39 is 0 Å². The number of carbonyl (C=O) groups excluding carboxylic acids is 1. The Kier molecular flexibility index (Phi) is 7.18. The van der Waals surface area contributed by atoms with Crippen LogP contribution in [0.25, 0.3) is 0 Å². The van der Waals surface area contributed by atoms with Crippen LogP contribution >= 0.6 is 11.8 Å². The maximum absolute atomic E-state index is 11.0. The van der Waals surface area contributed by atoms with E-state index in [-0.39, 0.29) is 18.2 Å². The van der Waals surface area contributed by atoms with E-state index in [9.17, 15) is 4.79 Å². The van der Waals surface area contributed by atoms with Crippen molar-refractivity contribution in [3.8, 4) is 0 Å². The third kappa shape index (κ3) is 7.45. The molecule has 0 atom stereocenters. The van der Waals surface area contributed by atoms with Gasteiger partial charge in [0.1, 0.15) is 5.84 Å². The van der Waals surface area contributed by atoms with E-state index in [0.29, 0.717) is 6.54 Å². The van der Waals surface area contributed by atoms with E-state index in [1.54, 1.807) is 11.8 Å². The topological polar surface area (TPSA) is 87.7 Å². The third-order valence-electron chi connectivity index (χ3n) is 1.32. The normalized spacial score (nSPS) is 11.3. The number of oxime groups is 1. The Hall–Kier alpha value is -0.910. The summed E-state index contributed by atoms with van der Waals surface area (Å²) in [6.45, 7) is 0.637. The summed E-state index contributed by atoms with van der Waals surface area (Å²) in [6.07, 6.45) is 2.90. The summed E-state index contributed by atoms with van der Waals surface area (Å²) in [5, 5.41) is 13.5. The second kappa shape index (κ2) is 7.72. The predicted molar refractivity (Wildman–Crippen MR) is 54.0 cm³/mol. The predicted octanol–water partition coefficient (Wildman–Crippen LogP) is -0.00780. The molecule has 76 valence electrons. The molecule has 0 aliphatic heterocycles. The molecule has 0 rings (SSSR count). The van der Waals surface area contributed by atoms with Crippen molar-refractivity contribution in [3.05, 3.63) is 0 Å². The third-order valence-corrected chi connectivity index (χ3v) is 2.01. The molecule has 0 saturated carbocycles. The average molecular weight is 205 g/mol. The van der Waals surface area contributed by atoms with Gasteiger partial charge in [-0.05, 0) is 18.4 Å². The van der Waals surface area contributed by atoms with E-state index >= 15 is 0 Å². The van der Waals surface area contributed by atoms with Crippen LogP contribution in [-0.2, 0) is 4.79 Å². The number of nitrogens with zero attached hydrogens (tertiary/aromatic N) is 1. The Morgan fingerprint density at radius 1 is 1.69 bits per heavy atom. The van der Waals surface area contributed by atoms with E-state index in [4.69, 9.17) is 10.9 Å². The molecule has 0 aliphatic carbocycles. The van der Waals surface area contributed by atoms with Crippen molar-refractivity contribution >= 4 is 23.5 Å². The lowest BCUT2D eigenvalue weighted by Crippen LogP contribution is -2.29. The minimum Gasteiger partial charge on any atom is -0.409 e. The van der Waals surface area contributed by atoms with E-state index in [0.717, 1.165) is 12.2 Å². The van der Waals surface area contributed by atoms with Crippen LogP contribution in [-0.4, -0.2) is 35.5 Å². The van der Waals surface area contributed by atoms with Crippen molar-refractivity contribution in [1.29, 1.82) is 0 Å². The molecule has 0 bridgehead atoms. The summed E-state index contributed by atoms with van der Waals surface area (Å²) in [7, 11) is 0. The van der Waals surface area contributed by atoms with Crippen molar-refractivity contribution in [2.75, 3.05) is 18.6 Å². The highest BCUT2D eigenvalue weighted by molar-refractivity contribution is 7.98. The number of hydrogen-bond acceptors (Lipinski definition) is 4. The number of thioether (sulfide) groups is 1. The molecule has 0 spiro atoms. The first kappa shape index (κ1) is 12.1. The quantitative estimate of drug-likeness (QED) is 0.187. The molecule has 0 aromatic rings. The number of rotatable bonds is 6. The highest BCUT2D eigenvalue weighted by Gasteiger charge is 2.02. The minimum atomic E-state index is -0.212. The van der Waals surface area contributed by atoms with Crippen LogP contribution in [0, 0.1) is 0 Å². The van der Waals surface area contributed by atoms with Crippen LogP contribution in [0.15, 0.2) is 5.16 Å². The van der Waals surface area contributed by atoms with Crippen LogP contribution in [0.2, 0.25) is 0 Å². The lowest BCUT2D eigenvalue weighted by Gasteiger charge is -2.02. The second-order valence-electron chi connectivity index (χ2n) is 2.46. The molecular weight excluding hydrogens is 190 g/mol. The molecular formula is C7H15N3O2S. The van der Waals surface area contributed by atoms with Gasteiger partial charge in [0.2, 0.25) is 5.91 Å². The standard InChI is InChI=1S/C7H15N3O2S/c1-13-4-2-3-9-7(11)5-6(8)10-12/h12H,2-5H2,1H3,(H2,8,10)(H,9,11). The molecule has 0 aromatic heterocycles. The number of amidine groups is 1. The Morgan fingerprint density at radius 3 is 2.92 bits per heavy atom. The van der Waals surface area contributed by atoms with Crippen molar-refractivity contribution in [2.45, 2.75) is 12.8 Å². The van der Waals surface area contributed by atoms with Gasteiger partial charge in [-0.25, -0.2) is 0 Å². The molecule has 4 N–H and O–H groups in total. The minimum absolute atomic E-state index is 0.0459. The van der Waals surface area contributed by atoms with Crippen molar-refractivity contribution in [2.24, 2.45) is 10.9 Å². The monoisotopic (exact) mass is 205 g/mol. The van der Waals surface area contributed by atoms with E-state index in [2.05, 4.69) is 10.5 Å². The van der Waals surface area contributed by atoms with Gasteiger partial charge >= 0.3 is 0 Å². The fourth-order valence-electron chi connectivity index (χ4n) is 0.707. The van der Waals surface area contributed by atoms with Gasteiger partial charge < -0.3 is 16.3 Å². The van der Waals surface area contributed by atoms with E-state index in [1.807, 2.05) is 6.26 Å². The number of carbonyl (C=O) groups is 1. The van der Waals surface area contributed by atoms with Crippen molar-refractivity contribution in [3.63, 3.8) is 0 Å². The van der Waals surface area contributed by atoms with Gasteiger partial charge in [0.25, 0.3) is 0 Å². The summed E-state index contributed by atoms with van der Waals surface area (Å²) in [5.41, 5.74) is 5.14. The summed E-state index contributed by atoms with van der Waals surface area (Å²) >= 11 is 1.73. The maximum atomic E-state index is 11.0. The first-order valence-electron chi connectivity index (χ1n) is 3.92. The summed E-state index contributed by atoms with van der Waals surface area (Å²) in [5.74, 6) is 0.739. The van der Waals surface area contributed by atoms with E-state index in [1.165, 1.54) is 0 Å². The number of nitrogens with one attached hydrogen (secondary N) is 1. The summed E-state index contributed by atoms with van der Waals surface area (Å²) < 4.78 is 0. The van der Waals surface area contributed by atoms with Crippen LogP contribution < -0.4 is 11.1 Å². The highest BCUT2D eigenvalue weighted by atomic mass is 32.2. The van der Waals surface area contributed by atoms with Gasteiger partial charge in [0.15, 0.2) is 0 Å². The SMILES string of the molecule is CSCCCNC(=O)CC(N)=NO. The van der Waals surface area contributed by atoms with Gasteiger partial charge in [-0.15, -0.1) is 0 Å². The number of amides is 1. The van der Waals surface area contributed by atoms with Gasteiger partial charge in [0.05, 0.1) is 6.42 Å². The zero-order valence-electron chi connectivity index (χ0n) is 7.62. The molecule has 1 amide bonds. The molecule has 0 fully saturated rings. The first-order chi connectivity index (χ1) is 6.20. The zero-order chi connectivity index (χ0) is 10.1. The van der Waals surface area contributed by atoms with Crippen LogP contribution in [0.5, 0.6) is 0 Å². The van der Waals surface area contributed by atoms with Crippen molar-refractivity contribution < 1.29 is 10.0 Å². The lowest BCUT2D eigenvalue weighted by atomic mass is 10.3. The van der Waals surface area contributed by atoms with Gasteiger partial charge in [0, 0.05) is 6.54 Å². The Labute approximate surface area is 81.7 Å². The molecule has 0 heterocycles. The molecule has 13 heavy (non-hydrogen) atoms. The molecule has 6 heteroatoms. The second-order valence-corrected chi connectivity index (χ2v) is 3.45. The Morgan fingerprint density at radius 2 is 2.38 bits per heavy atom. The maximum Gasteiger partial charge on any atom is 0.227 e. The van der Waals surface area contributed by atoms with Crippen molar-refractivity contribution in [1.82, 2.24) is 5.32 Å². The van der Waals surface area contributed by atoms with Gasteiger partial charge in [-0.1, -0.05) is 5.16 Å². The molecule has 5 nitrogen and oxygen atoms in total. The smallest absolute Gasteiger partial charge is 0.227 e. The lowest BCUT2D eigenvalue weighted by molar-refractivity contribution is -0.119. The van der Waals surface area contributed by atoms with Crippen LogP contribution in [0.3, 0.4) is 0 Å². The molecule has 0 unspecified atom stereocenters. The molecule has 0 aliphatic rings. The molecule has 0 aromatic carbocycles. The molecule has 0 radical (unpaired) electrons. The van der Waals surface area contributed by atoms with Gasteiger partial charge in [-0.2, -0.15) is 11.8 Å².